The third kappa shape index (κ3) is 3.14. The summed E-state index contributed by atoms with van der Waals surface area (Å²) in [4.78, 5) is 11.8. The van der Waals surface area contributed by atoms with E-state index < -0.39 is 0 Å². The molecule has 1 atom stereocenters. The Morgan fingerprint density at radius 3 is 3.07 bits per heavy atom. The van der Waals surface area contributed by atoms with Crippen molar-refractivity contribution in [1.29, 1.82) is 0 Å². The third-order valence-corrected chi connectivity index (χ3v) is 1.72. The summed E-state index contributed by atoms with van der Waals surface area (Å²) in [6.07, 6.45) is 1.81. The number of amides is 1. The van der Waals surface area contributed by atoms with Crippen molar-refractivity contribution in [3.8, 4) is 0 Å². The molecule has 5 nitrogen and oxygen atoms in total. The van der Waals surface area contributed by atoms with Crippen LogP contribution in [-0.2, 0) is 0 Å². The number of thiocarbonyl (C=S) groups is 1. The van der Waals surface area contributed by atoms with Crippen LogP contribution in [-0.4, -0.2) is 22.1 Å². The van der Waals surface area contributed by atoms with Gasteiger partial charge in [-0.25, -0.2) is 0 Å². The van der Waals surface area contributed by atoms with E-state index in [9.17, 15) is 4.79 Å². The lowest BCUT2D eigenvalue weighted by Crippen LogP contribution is -2.35. The number of hydrogen-bond donors (Lipinski definition) is 2. The molecule has 0 fully saturated rings. The van der Waals surface area contributed by atoms with Gasteiger partial charge in [0.15, 0.2) is 5.69 Å². The lowest BCUT2D eigenvalue weighted by atomic mass is 10.2. The van der Waals surface area contributed by atoms with Crippen molar-refractivity contribution in [1.82, 2.24) is 10.5 Å². The maximum Gasteiger partial charge on any atom is 0.273 e. The van der Waals surface area contributed by atoms with Crippen LogP contribution in [0.1, 0.15) is 23.8 Å². The van der Waals surface area contributed by atoms with Gasteiger partial charge in [0.25, 0.3) is 5.91 Å². The van der Waals surface area contributed by atoms with Crippen LogP contribution in [0.25, 0.3) is 0 Å². The molecule has 0 spiro atoms. The molecule has 0 saturated heterocycles. The molecule has 14 heavy (non-hydrogen) atoms. The largest absolute Gasteiger partial charge is 0.393 e. The smallest absolute Gasteiger partial charge is 0.273 e. The van der Waals surface area contributed by atoms with E-state index in [0.717, 1.165) is 0 Å². The first kappa shape index (κ1) is 10.6. The lowest BCUT2D eigenvalue weighted by molar-refractivity contribution is 0.0932. The summed E-state index contributed by atoms with van der Waals surface area (Å²) < 4.78 is 4.54. The predicted octanol–water partition coefficient (Wildman–Crippen LogP) is 0.469. The first-order chi connectivity index (χ1) is 6.59. The summed E-state index contributed by atoms with van der Waals surface area (Å²) in [6, 6.07) is 1.39. The van der Waals surface area contributed by atoms with Gasteiger partial charge in [-0.05, 0) is 6.92 Å². The van der Waals surface area contributed by atoms with E-state index in [1.165, 1.54) is 12.3 Å². The van der Waals surface area contributed by atoms with Gasteiger partial charge >= 0.3 is 0 Å². The number of hydrogen-bond acceptors (Lipinski definition) is 4. The molecule has 0 radical (unpaired) electrons. The fraction of sp³-hybridized carbons (Fsp3) is 0.375. The molecule has 1 aromatic heterocycles. The van der Waals surface area contributed by atoms with Crippen molar-refractivity contribution in [3.05, 3.63) is 18.0 Å². The summed E-state index contributed by atoms with van der Waals surface area (Å²) in [5.41, 5.74) is 5.58. The molecular formula is C8H11N3O2S. The molecule has 1 amide bonds. The fourth-order valence-electron chi connectivity index (χ4n) is 0.980. The molecule has 0 aliphatic rings. The highest BCUT2D eigenvalue weighted by molar-refractivity contribution is 7.80. The molecule has 1 heterocycles. The molecule has 0 saturated carbocycles. The Kier molecular flexibility index (Phi) is 3.58. The Bertz CT molecular complexity index is 323. The molecule has 76 valence electrons. The number of carbonyl (C=O) groups is 1. The van der Waals surface area contributed by atoms with Gasteiger partial charge < -0.3 is 15.6 Å². The van der Waals surface area contributed by atoms with Crippen LogP contribution in [0.3, 0.4) is 0 Å². The van der Waals surface area contributed by atoms with Gasteiger partial charge in [0.05, 0.1) is 4.99 Å². The number of nitrogens with zero attached hydrogens (tertiary/aromatic N) is 1. The van der Waals surface area contributed by atoms with E-state index in [-0.39, 0.29) is 17.6 Å². The zero-order chi connectivity index (χ0) is 10.6. The second-order valence-electron chi connectivity index (χ2n) is 2.93. The minimum absolute atomic E-state index is 0.100. The van der Waals surface area contributed by atoms with Gasteiger partial charge in [0.1, 0.15) is 6.26 Å². The Balaban J connectivity index is 2.45. The Morgan fingerprint density at radius 2 is 2.57 bits per heavy atom. The summed E-state index contributed by atoms with van der Waals surface area (Å²) >= 11 is 4.72. The first-order valence-electron chi connectivity index (χ1n) is 4.09. The molecule has 1 unspecified atom stereocenters. The van der Waals surface area contributed by atoms with Gasteiger partial charge in [-0.1, -0.05) is 17.4 Å². The number of rotatable bonds is 4. The van der Waals surface area contributed by atoms with Crippen molar-refractivity contribution >= 4 is 23.1 Å². The Morgan fingerprint density at radius 1 is 1.86 bits per heavy atom. The quantitative estimate of drug-likeness (QED) is 0.710. The van der Waals surface area contributed by atoms with Gasteiger partial charge in [-0.2, -0.15) is 0 Å². The van der Waals surface area contributed by atoms with Crippen LogP contribution in [0, 0.1) is 0 Å². The Hall–Kier alpha value is -1.43. The number of nitrogens with one attached hydrogen (secondary N) is 1. The highest BCUT2D eigenvalue weighted by Gasteiger charge is 2.12. The zero-order valence-electron chi connectivity index (χ0n) is 7.69. The maximum absolute atomic E-state index is 11.4. The zero-order valence-corrected chi connectivity index (χ0v) is 8.50. The minimum Gasteiger partial charge on any atom is -0.393 e. The topological polar surface area (TPSA) is 81.1 Å². The van der Waals surface area contributed by atoms with E-state index in [4.69, 9.17) is 18.0 Å². The maximum atomic E-state index is 11.4. The summed E-state index contributed by atoms with van der Waals surface area (Å²) in [7, 11) is 0. The monoisotopic (exact) mass is 213 g/mol. The van der Waals surface area contributed by atoms with Gasteiger partial charge in [-0.3, -0.25) is 4.79 Å². The van der Waals surface area contributed by atoms with E-state index in [1.54, 1.807) is 0 Å². The van der Waals surface area contributed by atoms with Gasteiger partial charge in [-0.15, -0.1) is 0 Å². The molecule has 0 aliphatic carbocycles. The van der Waals surface area contributed by atoms with Crippen LogP contribution >= 0.6 is 12.2 Å². The van der Waals surface area contributed by atoms with Crippen molar-refractivity contribution < 1.29 is 9.32 Å². The van der Waals surface area contributed by atoms with Crippen molar-refractivity contribution in [2.24, 2.45) is 5.73 Å². The SMILES string of the molecule is CC(CC(N)=S)NC(=O)c1ccon1. The molecule has 0 aliphatic heterocycles. The number of carbonyl (C=O) groups excluding carboxylic acids is 1. The molecule has 0 bridgehead atoms. The summed E-state index contributed by atoms with van der Waals surface area (Å²) in [6.45, 7) is 1.82. The molecule has 0 aromatic carbocycles. The van der Waals surface area contributed by atoms with Crippen LogP contribution < -0.4 is 11.1 Å². The van der Waals surface area contributed by atoms with E-state index in [2.05, 4.69) is 15.0 Å². The number of aromatic nitrogens is 1. The van der Waals surface area contributed by atoms with E-state index in [0.29, 0.717) is 11.4 Å². The van der Waals surface area contributed by atoms with Crippen LogP contribution in [0.5, 0.6) is 0 Å². The highest BCUT2D eigenvalue weighted by Crippen LogP contribution is 1.97. The molecule has 1 rings (SSSR count). The second kappa shape index (κ2) is 4.71. The Labute approximate surface area is 86.6 Å². The first-order valence-corrected chi connectivity index (χ1v) is 4.50. The fourth-order valence-corrected chi connectivity index (χ4v) is 1.23. The van der Waals surface area contributed by atoms with Crippen LogP contribution in [0.4, 0.5) is 0 Å². The van der Waals surface area contributed by atoms with E-state index in [1.807, 2.05) is 6.92 Å². The second-order valence-corrected chi connectivity index (χ2v) is 3.45. The van der Waals surface area contributed by atoms with Crippen molar-refractivity contribution in [2.75, 3.05) is 0 Å². The third-order valence-electron chi connectivity index (χ3n) is 1.56. The van der Waals surface area contributed by atoms with Crippen LogP contribution in [0.2, 0.25) is 0 Å². The minimum atomic E-state index is -0.289. The van der Waals surface area contributed by atoms with Gasteiger partial charge in [0.2, 0.25) is 0 Å². The summed E-state index contributed by atoms with van der Waals surface area (Å²) in [5, 5.41) is 6.18. The average Bonchev–Trinajstić information content (AvgIpc) is 2.53. The van der Waals surface area contributed by atoms with E-state index >= 15 is 0 Å². The number of nitrogens with two attached hydrogens (primary N) is 1. The summed E-state index contributed by atoms with van der Waals surface area (Å²) in [5.74, 6) is -0.289. The predicted molar refractivity (Wildman–Crippen MR) is 54.8 cm³/mol. The van der Waals surface area contributed by atoms with Gasteiger partial charge in [0, 0.05) is 18.5 Å². The molecular weight excluding hydrogens is 202 g/mol. The lowest BCUT2D eigenvalue weighted by Gasteiger charge is -2.10. The van der Waals surface area contributed by atoms with Crippen molar-refractivity contribution in [3.63, 3.8) is 0 Å². The van der Waals surface area contributed by atoms with Crippen LogP contribution in [0.15, 0.2) is 16.9 Å². The molecule has 3 N–H and O–H groups in total. The molecule has 6 heteroatoms. The standard InChI is InChI=1S/C8H11N3O2S/c1-5(4-7(9)14)10-8(12)6-2-3-13-11-6/h2-3,5H,4H2,1H3,(H2,9,14)(H,10,12). The highest BCUT2D eigenvalue weighted by atomic mass is 32.1. The molecule has 1 aromatic rings. The normalized spacial score (nSPS) is 12.1. The van der Waals surface area contributed by atoms with Crippen molar-refractivity contribution in [2.45, 2.75) is 19.4 Å². The average molecular weight is 213 g/mol.